The molecule has 9 rings (SSSR count). The Balaban J connectivity index is 1.26. The molecule has 7 aliphatic rings. The molecule has 1 saturated carbocycles. The number of ether oxygens (including phenoxy) is 5. The molecule has 5 aliphatic heterocycles. The van der Waals surface area contributed by atoms with Crippen LogP contribution in [-0.2, 0) is 49.9 Å². The number of fused-ring (bicyclic) bond motifs is 6. The van der Waals surface area contributed by atoms with Gasteiger partial charge in [-0.05, 0) is 107 Å². The Bertz CT molecular complexity index is 2560. The molecule has 1 aromatic heterocycles. The lowest BCUT2D eigenvalue weighted by Crippen LogP contribution is -2.79. The fraction of sp³-hybridized carbons (Fsp3) is 0.630. The van der Waals surface area contributed by atoms with Gasteiger partial charge in [-0.1, -0.05) is 50.3 Å². The zero-order valence-corrected chi connectivity index (χ0v) is 42.6. The summed E-state index contributed by atoms with van der Waals surface area (Å²) >= 11 is 0. The third kappa shape index (κ3) is 7.56. The van der Waals surface area contributed by atoms with E-state index in [1.165, 1.54) is 21.1 Å². The number of carbonyl (C=O) groups is 4. The van der Waals surface area contributed by atoms with Crippen molar-refractivity contribution in [2.75, 3.05) is 67.6 Å². The summed E-state index contributed by atoms with van der Waals surface area (Å²) in [5.41, 5.74) is -2.16. The lowest BCUT2D eigenvalue weighted by atomic mass is 9.47. The zero-order chi connectivity index (χ0) is 50.3. The summed E-state index contributed by atoms with van der Waals surface area (Å²) in [6.45, 7) is 14.2. The van der Waals surface area contributed by atoms with Crippen molar-refractivity contribution in [3.8, 4) is 0 Å². The van der Waals surface area contributed by atoms with Gasteiger partial charge < -0.3 is 49.1 Å². The minimum absolute atomic E-state index is 0.133. The van der Waals surface area contributed by atoms with Gasteiger partial charge in [-0.2, -0.15) is 0 Å². The van der Waals surface area contributed by atoms with Crippen LogP contribution in [-0.4, -0.2) is 163 Å². The van der Waals surface area contributed by atoms with Gasteiger partial charge in [0.2, 0.25) is 5.60 Å². The normalized spacial score (nSPS) is 36.6. The van der Waals surface area contributed by atoms with Crippen LogP contribution in [0.5, 0.6) is 0 Å². The highest BCUT2D eigenvalue weighted by Crippen LogP contribution is 2.70. The Labute approximate surface area is 411 Å². The maximum atomic E-state index is 15.7. The van der Waals surface area contributed by atoms with Crippen LogP contribution in [0.2, 0.25) is 0 Å². The number of allylic oxidation sites excluding steroid dienone is 1. The Kier molecular flexibility index (Phi) is 12.8. The molecular weight excluding hydrogens is 895 g/mol. The number of alkyl carbamates (subject to hydrolysis) is 1. The van der Waals surface area contributed by atoms with Crippen LogP contribution in [0.4, 0.5) is 4.79 Å². The molecule has 3 unspecified atom stereocenters. The number of nitrogens with one attached hydrogen (secondary N) is 2. The topological polar surface area (TPSA) is 192 Å². The van der Waals surface area contributed by atoms with E-state index in [1.807, 2.05) is 76.9 Å². The minimum atomic E-state index is -2.33. The number of aliphatic hydroxyl groups is 2. The number of nitrogens with zero attached hydrogens (tertiary/aromatic N) is 3. The molecule has 4 fully saturated rings. The molecule has 0 radical (unpaired) electrons. The molecule has 70 heavy (non-hydrogen) atoms. The van der Waals surface area contributed by atoms with Crippen molar-refractivity contribution in [3.63, 3.8) is 0 Å². The van der Waals surface area contributed by atoms with E-state index in [2.05, 4.69) is 44.4 Å². The molecule has 6 heterocycles. The standard InChI is InChI=1S/C54H73N5O11/c1-11-50(64)28-34-29-53(46(61)67-9,42-35(18-23-58(30-34)31-50)36-25-33(16-17-39(36)56-42)15-13-21-55-48(63)70-49(4,5)6)38-26-37-40(27-41(38)66-8)57(7)44-52(37)20-24-59-22-14-19-51(12-2,43(52)59)45(69-32(3)60)54(44,65)47(62)68-10/h13-17,19,25-27,34,38,41,43-45,56,64-65H,11-12,18,20-24,28-31H2,1-10H3,(H,55,63)/b15-13+/t34-,38?,41?,43+,44-,45-,50+,51-,52-,53+,54+/m1/s1. The number of benzene rings is 1. The first-order chi connectivity index (χ1) is 33.2. The van der Waals surface area contributed by atoms with E-state index in [-0.39, 0.29) is 18.5 Å². The second kappa shape index (κ2) is 17.9. The summed E-state index contributed by atoms with van der Waals surface area (Å²) in [7, 11) is 6.20. The van der Waals surface area contributed by atoms with Gasteiger partial charge in [0.25, 0.3) is 0 Å². The highest BCUT2D eigenvalue weighted by atomic mass is 16.6. The van der Waals surface area contributed by atoms with Crippen molar-refractivity contribution in [2.24, 2.45) is 22.7 Å². The van der Waals surface area contributed by atoms with Gasteiger partial charge >= 0.3 is 24.0 Å². The van der Waals surface area contributed by atoms with Gasteiger partial charge in [-0.15, -0.1) is 0 Å². The SMILES string of the molecule is CC[C@]1(O)C[C@H]2CN(CCc3c([nH]c4ccc(/C=C/CNC(=O)OC(C)(C)C)cc34)[C@@](C(=O)OC)(C3C=C4C(=CC3OC)N(C)[C@H]3[C@@](O)(C(=O)OC)[C@H](OC(C)=O)[C@]5(CC)C=CCN6CC[C@]43[C@@H]65)C2)C1. The molecule has 1 spiro atoms. The predicted molar refractivity (Wildman–Crippen MR) is 262 cm³/mol. The van der Waals surface area contributed by atoms with E-state index < -0.39 is 81.2 Å². The van der Waals surface area contributed by atoms with Crippen LogP contribution < -0.4 is 5.32 Å². The quantitative estimate of drug-likeness (QED) is 0.139. The summed E-state index contributed by atoms with van der Waals surface area (Å²) in [5, 5.41) is 29.4. The minimum Gasteiger partial charge on any atom is -0.468 e. The van der Waals surface area contributed by atoms with Crippen LogP contribution in [0.1, 0.15) is 90.5 Å². The summed E-state index contributed by atoms with van der Waals surface area (Å²) < 4.78 is 29.8. The molecule has 2 bridgehead atoms. The Hall–Kier alpha value is -5.00. The van der Waals surface area contributed by atoms with Crippen LogP contribution in [0.15, 0.2) is 59.8 Å². The van der Waals surface area contributed by atoms with Crippen LogP contribution in [0, 0.1) is 22.7 Å². The number of aromatic nitrogens is 1. The number of rotatable bonds is 10. The van der Waals surface area contributed by atoms with Crippen molar-refractivity contribution in [3.05, 3.63) is 76.7 Å². The molecule has 1 amide bonds. The van der Waals surface area contributed by atoms with Crippen molar-refractivity contribution in [1.29, 1.82) is 0 Å². The van der Waals surface area contributed by atoms with E-state index in [4.69, 9.17) is 23.7 Å². The molecule has 4 N–H and O–H groups in total. The number of hydrogen-bond donors (Lipinski definition) is 4. The largest absolute Gasteiger partial charge is 0.468 e. The average Bonchev–Trinajstić information content (AvgIpc) is 3.98. The maximum Gasteiger partial charge on any atom is 0.407 e. The van der Waals surface area contributed by atoms with Gasteiger partial charge in [-0.3, -0.25) is 19.4 Å². The second-order valence-corrected chi connectivity index (χ2v) is 22.1. The molecule has 16 heteroatoms. The second-order valence-electron chi connectivity index (χ2n) is 22.1. The zero-order valence-electron chi connectivity index (χ0n) is 42.6. The molecule has 16 nitrogen and oxygen atoms in total. The number of H-pyrrole nitrogens is 1. The van der Waals surface area contributed by atoms with Crippen molar-refractivity contribution in [2.45, 2.75) is 127 Å². The third-order valence-corrected chi connectivity index (χ3v) is 17.2. The number of esters is 3. The third-order valence-electron chi connectivity index (χ3n) is 17.2. The van der Waals surface area contributed by atoms with Gasteiger partial charge in [0.15, 0.2) is 6.10 Å². The van der Waals surface area contributed by atoms with Gasteiger partial charge in [0, 0.05) is 98.9 Å². The first-order valence-corrected chi connectivity index (χ1v) is 25.1. The number of likely N-dealkylation sites (tertiary alicyclic amines) is 1. The Morgan fingerprint density at radius 3 is 2.41 bits per heavy atom. The molecule has 12 atom stereocenters. The van der Waals surface area contributed by atoms with E-state index in [0.29, 0.717) is 71.2 Å². The number of carbonyl (C=O) groups excluding carboxylic acids is 4. The molecule has 2 aromatic rings. The fourth-order valence-electron chi connectivity index (χ4n) is 14.8. The first kappa shape index (κ1) is 50.0. The fourth-order valence-corrected chi connectivity index (χ4v) is 14.8. The number of aromatic amines is 1. The Morgan fingerprint density at radius 2 is 1.74 bits per heavy atom. The van der Waals surface area contributed by atoms with Crippen molar-refractivity contribution in [1.82, 2.24) is 25.0 Å². The van der Waals surface area contributed by atoms with Crippen LogP contribution in [0.25, 0.3) is 17.0 Å². The Morgan fingerprint density at radius 1 is 0.986 bits per heavy atom. The lowest BCUT2D eigenvalue weighted by molar-refractivity contribution is -0.243. The van der Waals surface area contributed by atoms with E-state index in [0.717, 1.165) is 39.0 Å². The number of amides is 1. The molecule has 1 aromatic carbocycles. The molecular formula is C54H73N5O11. The number of hydrogen-bond acceptors (Lipinski definition) is 14. The van der Waals surface area contributed by atoms with E-state index in [9.17, 15) is 24.6 Å². The van der Waals surface area contributed by atoms with Crippen molar-refractivity contribution >= 4 is 41.0 Å². The van der Waals surface area contributed by atoms with Crippen LogP contribution in [0.3, 0.4) is 0 Å². The highest BCUT2D eigenvalue weighted by molar-refractivity contribution is 5.92. The lowest BCUT2D eigenvalue weighted by Gasteiger charge is -2.63. The first-order valence-electron chi connectivity index (χ1n) is 25.1. The summed E-state index contributed by atoms with van der Waals surface area (Å²) in [6.07, 6.45) is 12.6. The maximum absolute atomic E-state index is 15.7. The molecule has 3 saturated heterocycles. The van der Waals surface area contributed by atoms with Gasteiger partial charge in [0.05, 0.1) is 32.0 Å². The molecule has 380 valence electrons. The van der Waals surface area contributed by atoms with Gasteiger partial charge in [-0.25, -0.2) is 9.59 Å². The summed E-state index contributed by atoms with van der Waals surface area (Å²) in [6, 6.07) is 4.87. The van der Waals surface area contributed by atoms with Crippen molar-refractivity contribution < 1.29 is 53.1 Å². The van der Waals surface area contributed by atoms with Gasteiger partial charge in [0.1, 0.15) is 11.0 Å². The van der Waals surface area contributed by atoms with Crippen LogP contribution >= 0.6 is 0 Å². The highest BCUT2D eigenvalue weighted by Gasteiger charge is 2.81. The monoisotopic (exact) mass is 968 g/mol. The van der Waals surface area contributed by atoms with E-state index in [1.54, 1.807) is 7.11 Å². The smallest absolute Gasteiger partial charge is 0.407 e. The van der Waals surface area contributed by atoms with E-state index >= 15 is 4.79 Å². The number of methoxy groups -OCH3 is 3. The summed E-state index contributed by atoms with van der Waals surface area (Å²) in [5.74, 6) is -2.76. The number of piperidine rings is 1. The average molecular weight is 968 g/mol. The number of likely N-dealkylation sites (N-methyl/N-ethyl adjacent to an activating group) is 1. The summed E-state index contributed by atoms with van der Waals surface area (Å²) in [4.78, 5) is 66.3. The predicted octanol–water partition coefficient (Wildman–Crippen LogP) is 5.17. The molecule has 2 aliphatic carbocycles.